The third-order valence-electron chi connectivity index (χ3n) is 2.79. The molecular formula is C14H16N2O4. The fourth-order valence-electron chi connectivity index (χ4n) is 1.95. The van der Waals surface area contributed by atoms with Crippen LogP contribution in [0.1, 0.15) is 25.5 Å². The van der Waals surface area contributed by atoms with E-state index in [9.17, 15) is 9.59 Å². The van der Waals surface area contributed by atoms with Crippen LogP contribution in [-0.2, 0) is 19.1 Å². The normalized spacial score (nSPS) is 10.8. The first-order valence-corrected chi connectivity index (χ1v) is 6.44. The van der Waals surface area contributed by atoms with E-state index < -0.39 is 17.9 Å². The van der Waals surface area contributed by atoms with Gasteiger partial charge in [0.15, 0.2) is 5.92 Å². The summed E-state index contributed by atoms with van der Waals surface area (Å²) < 4.78 is 11.6. The Bertz CT molecular complexity index is 602. The molecule has 0 radical (unpaired) electrons. The fourth-order valence-corrected chi connectivity index (χ4v) is 1.95. The van der Waals surface area contributed by atoms with Crippen molar-refractivity contribution >= 4 is 17.6 Å². The maximum absolute atomic E-state index is 12.0. The Hall–Kier alpha value is -2.37. The summed E-state index contributed by atoms with van der Waals surface area (Å²) in [7, 11) is 0. The minimum absolute atomic E-state index is 0.200. The number of hydrogen-bond acceptors (Lipinski definition) is 5. The number of imidazole rings is 1. The molecule has 0 aliphatic heterocycles. The van der Waals surface area contributed by atoms with Crippen LogP contribution in [0.5, 0.6) is 0 Å². The van der Waals surface area contributed by atoms with Crippen molar-refractivity contribution in [2.45, 2.75) is 19.8 Å². The Labute approximate surface area is 116 Å². The number of rotatable bonds is 5. The smallest absolute Gasteiger partial charge is 0.326 e. The lowest BCUT2D eigenvalue weighted by atomic mass is 10.1. The van der Waals surface area contributed by atoms with Crippen LogP contribution in [0.15, 0.2) is 30.6 Å². The third-order valence-corrected chi connectivity index (χ3v) is 2.79. The maximum Gasteiger partial charge on any atom is 0.326 e. The highest BCUT2D eigenvalue weighted by atomic mass is 16.6. The highest BCUT2D eigenvalue weighted by molar-refractivity contribution is 6.00. The van der Waals surface area contributed by atoms with Gasteiger partial charge in [-0.2, -0.15) is 0 Å². The van der Waals surface area contributed by atoms with Gasteiger partial charge in [-0.1, -0.05) is 6.07 Å². The van der Waals surface area contributed by atoms with E-state index in [1.54, 1.807) is 36.6 Å². The van der Waals surface area contributed by atoms with Crippen LogP contribution < -0.4 is 0 Å². The third kappa shape index (κ3) is 2.64. The number of carbonyl (C=O) groups excluding carboxylic acids is 2. The minimum Gasteiger partial charge on any atom is -0.465 e. The van der Waals surface area contributed by atoms with Gasteiger partial charge in [-0.05, 0) is 26.0 Å². The SMILES string of the molecule is CCOC(=O)C(C(=O)OCC)c1cnc2ccccn12. The fraction of sp³-hybridized carbons (Fsp3) is 0.357. The summed E-state index contributed by atoms with van der Waals surface area (Å²) in [5.41, 5.74) is 1.10. The van der Waals surface area contributed by atoms with Crippen molar-refractivity contribution in [2.24, 2.45) is 0 Å². The summed E-state index contributed by atoms with van der Waals surface area (Å²) in [4.78, 5) is 28.2. The van der Waals surface area contributed by atoms with Crippen molar-refractivity contribution in [3.63, 3.8) is 0 Å². The Morgan fingerprint density at radius 3 is 2.45 bits per heavy atom. The van der Waals surface area contributed by atoms with Gasteiger partial charge in [-0.15, -0.1) is 0 Å². The molecule has 0 aliphatic carbocycles. The number of aromatic nitrogens is 2. The Kier molecular flexibility index (Phi) is 4.34. The molecule has 2 aromatic heterocycles. The van der Waals surface area contributed by atoms with E-state index in [1.807, 2.05) is 6.07 Å². The van der Waals surface area contributed by atoms with E-state index >= 15 is 0 Å². The molecule has 20 heavy (non-hydrogen) atoms. The molecule has 0 N–H and O–H groups in total. The Balaban J connectivity index is 2.44. The quantitative estimate of drug-likeness (QED) is 0.612. The topological polar surface area (TPSA) is 69.9 Å². The first-order chi connectivity index (χ1) is 9.69. The van der Waals surface area contributed by atoms with Gasteiger partial charge in [0.2, 0.25) is 0 Å². The number of esters is 2. The molecule has 2 aromatic rings. The summed E-state index contributed by atoms with van der Waals surface area (Å²) >= 11 is 0. The molecule has 2 heterocycles. The maximum atomic E-state index is 12.0. The standard InChI is InChI=1S/C14H16N2O4/c1-3-19-13(17)12(14(18)20-4-2)10-9-15-11-7-5-6-8-16(10)11/h5-9,12H,3-4H2,1-2H3. The zero-order valence-electron chi connectivity index (χ0n) is 11.4. The van der Waals surface area contributed by atoms with Gasteiger partial charge < -0.3 is 13.9 Å². The van der Waals surface area contributed by atoms with Crippen molar-refractivity contribution in [1.29, 1.82) is 0 Å². The zero-order valence-corrected chi connectivity index (χ0v) is 11.4. The number of carbonyl (C=O) groups is 2. The van der Waals surface area contributed by atoms with Crippen LogP contribution in [0.25, 0.3) is 5.65 Å². The molecule has 0 fully saturated rings. The van der Waals surface area contributed by atoms with Crippen LogP contribution in [0, 0.1) is 0 Å². The predicted octanol–water partition coefficient (Wildman–Crippen LogP) is 1.54. The molecule has 0 unspecified atom stereocenters. The van der Waals surface area contributed by atoms with Crippen molar-refractivity contribution in [2.75, 3.05) is 13.2 Å². The Morgan fingerprint density at radius 2 is 1.85 bits per heavy atom. The molecule has 0 aromatic carbocycles. The molecule has 0 bridgehead atoms. The summed E-state index contributed by atoms with van der Waals surface area (Å²) in [5.74, 6) is -2.37. The highest BCUT2D eigenvalue weighted by Crippen LogP contribution is 2.21. The summed E-state index contributed by atoms with van der Waals surface area (Å²) in [6.45, 7) is 3.78. The molecular weight excluding hydrogens is 260 g/mol. The van der Waals surface area contributed by atoms with Crippen LogP contribution in [0.4, 0.5) is 0 Å². The van der Waals surface area contributed by atoms with E-state index in [2.05, 4.69) is 4.98 Å². The van der Waals surface area contributed by atoms with E-state index in [0.29, 0.717) is 11.3 Å². The van der Waals surface area contributed by atoms with E-state index in [-0.39, 0.29) is 13.2 Å². The molecule has 0 spiro atoms. The van der Waals surface area contributed by atoms with Gasteiger partial charge in [-0.25, -0.2) is 4.98 Å². The number of pyridine rings is 1. The average molecular weight is 276 g/mol. The highest BCUT2D eigenvalue weighted by Gasteiger charge is 2.34. The summed E-state index contributed by atoms with van der Waals surface area (Å²) in [6, 6.07) is 5.41. The molecule has 0 atom stereocenters. The number of fused-ring (bicyclic) bond motifs is 1. The number of hydrogen-bond donors (Lipinski definition) is 0. The van der Waals surface area contributed by atoms with Gasteiger partial charge in [0.1, 0.15) is 5.65 Å². The molecule has 6 nitrogen and oxygen atoms in total. The minimum atomic E-state index is -1.12. The lowest BCUT2D eigenvalue weighted by Gasteiger charge is -2.14. The number of nitrogens with zero attached hydrogens (tertiary/aromatic N) is 2. The van der Waals surface area contributed by atoms with Gasteiger partial charge >= 0.3 is 11.9 Å². The van der Waals surface area contributed by atoms with Crippen LogP contribution in [-0.4, -0.2) is 34.5 Å². The molecule has 2 rings (SSSR count). The molecule has 0 amide bonds. The van der Waals surface area contributed by atoms with Gasteiger partial charge in [0.05, 0.1) is 25.1 Å². The average Bonchev–Trinajstić information content (AvgIpc) is 2.84. The van der Waals surface area contributed by atoms with Crippen molar-refractivity contribution < 1.29 is 19.1 Å². The second-order valence-electron chi connectivity index (χ2n) is 4.05. The van der Waals surface area contributed by atoms with E-state index in [1.165, 1.54) is 6.20 Å². The van der Waals surface area contributed by atoms with E-state index in [4.69, 9.17) is 9.47 Å². The molecule has 0 saturated carbocycles. The van der Waals surface area contributed by atoms with Crippen LogP contribution in [0.3, 0.4) is 0 Å². The zero-order chi connectivity index (χ0) is 14.5. The first kappa shape index (κ1) is 14.0. The lowest BCUT2D eigenvalue weighted by molar-refractivity contribution is -0.157. The van der Waals surface area contributed by atoms with Gasteiger partial charge in [-0.3, -0.25) is 9.59 Å². The molecule has 0 saturated heterocycles. The van der Waals surface area contributed by atoms with Crippen molar-refractivity contribution in [3.05, 3.63) is 36.3 Å². The number of ether oxygens (including phenoxy) is 2. The summed E-state index contributed by atoms with van der Waals surface area (Å²) in [6.07, 6.45) is 3.23. The summed E-state index contributed by atoms with van der Waals surface area (Å²) in [5, 5.41) is 0. The van der Waals surface area contributed by atoms with Crippen molar-refractivity contribution in [3.8, 4) is 0 Å². The first-order valence-electron chi connectivity index (χ1n) is 6.44. The Morgan fingerprint density at radius 1 is 1.20 bits per heavy atom. The van der Waals surface area contributed by atoms with Gasteiger partial charge in [0, 0.05) is 6.20 Å². The van der Waals surface area contributed by atoms with Crippen LogP contribution >= 0.6 is 0 Å². The predicted molar refractivity (Wildman–Crippen MR) is 71.2 cm³/mol. The second kappa shape index (κ2) is 6.18. The monoisotopic (exact) mass is 276 g/mol. The van der Waals surface area contributed by atoms with Crippen LogP contribution in [0.2, 0.25) is 0 Å². The van der Waals surface area contributed by atoms with Gasteiger partial charge in [0.25, 0.3) is 0 Å². The molecule has 6 heteroatoms. The largest absolute Gasteiger partial charge is 0.465 e. The van der Waals surface area contributed by atoms with E-state index in [0.717, 1.165) is 0 Å². The van der Waals surface area contributed by atoms with Crippen molar-refractivity contribution in [1.82, 2.24) is 9.38 Å². The lowest BCUT2D eigenvalue weighted by Crippen LogP contribution is -2.27. The molecule has 0 aliphatic rings. The molecule has 106 valence electrons. The second-order valence-corrected chi connectivity index (χ2v) is 4.05.